The second kappa shape index (κ2) is 8.28. The zero-order valence-corrected chi connectivity index (χ0v) is 14.8. The minimum atomic E-state index is -0.380. The van der Waals surface area contributed by atoms with Crippen LogP contribution in [0.15, 0.2) is 59.1 Å². The number of benzene rings is 2. The highest BCUT2D eigenvalue weighted by atomic mass is 19.1. The van der Waals surface area contributed by atoms with Gasteiger partial charge in [0.1, 0.15) is 5.82 Å². The molecule has 3 aromatic rings. The fourth-order valence-corrected chi connectivity index (χ4v) is 2.68. The van der Waals surface area contributed by atoms with Gasteiger partial charge in [0.05, 0.1) is 29.4 Å². The monoisotopic (exact) mass is 363 g/mol. The number of aromatic nitrogens is 1. The van der Waals surface area contributed by atoms with Gasteiger partial charge in [-0.05, 0) is 36.8 Å². The number of amides is 1. The number of carbonyl (C=O) groups excluding carboxylic acids is 1. The number of nitrogens with one attached hydrogen (secondary N) is 1. The summed E-state index contributed by atoms with van der Waals surface area (Å²) >= 11 is 0. The number of halogens is 1. The molecule has 0 saturated heterocycles. The van der Waals surface area contributed by atoms with E-state index in [2.05, 4.69) is 16.4 Å². The summed E-state index contributed by atoms with van der Waals surface area (Å²) in [4.78, 5) is 16.3. The maximum Gasteiger partial charge on any atom is 0.220 e. The Labute approximate surface area is 156 Å². The summed E-state index contributed by atoms with van der Waals surface area (Å²) in [5.74, 6) is 0.204. The van der Waals surface area contributed by atoms with Gasteiger partial charge in [-0.3, -0.25) is 4.79 Å². The fraction of sp³-hybridized carbons (Fsp3) is 0.190. The molecule has 0 aliphatic rings. The van der Waals surface area contributed by atoms with E-state index in [9.17, 15) is 9.18 Å². The van der Waals surface area contributed by atoms with Crippen molar-refractivity contribution in [3.05, 3.63) is 77.6 Å². The molecular formula is C21H18FN3O2. The van der Waals surface area contributed by atoms with Crippen LogP contribution in [0, 0.1) is 17.1 Å². The molecule has 0 aliphatic carbocycles. The van der Waals surface area contributed by atoms with Gasteiger partial charge in [-0.25, -0.2) is 9.37 Å². The smallest absolute Gasteiger partial charge is 0.220 e. The van der Waals surface area contributed by atoms with E-state index < -0.39 is 0 Å². The molecule has 6 heteroatoms. The number of rotatable bonds is 6. The van der Waals surface area contributed by atoms with Crippen molar-refractivity contribution in [1.29, 1.82) is 5.26 Å². The van der Waals surface area contributed by atoms with E-state index in [1.165, 1.54) is 12.3 Å². The first-order valence-electron chi connectivity index (χ1n) is 8.56. The van der Waals surface area contributed by atoms with Crippen molar-refractivity contribution in [2.45, 2.75) is 25.8 Å². The van der Waals surface area contributed by atoms with Gasteiger partial charge >= 0.3 is 0 Å². The summed E-state index contributed by atoms with van der Waals surface area (Å²) in [6.07, 6.45) is 1.99. The van der Waals surface area contributed by atoms with Gasteiger partial charge in [0, 0.05) is 12.8 Å². The molecule has 136 valence electrons. The third kappa shape index (κ3) is 4.59. The third-order valence-corrected chi connectivity index (χ3v) is 4.18. The molecule has 27 heavy (non-hydrogen) atoms. The molecule has 0 radical (unpaired) electrons. The molecule has 1 unspecified atom stereocenters. The van der Waals surface area contributed by atoms with Crippen molar-refractivity contribution >= 4 is 5.91 Å². The highest BCUT2D eigenvalue weighted by Crippen LogP contribution is 2.23. The summed E-state index contributed by atoms with van der Waals surface area (Å²) < 4.78 is 19.3. The quantitative estimate of drug-likeness (QED) is 0.713. The predicted molar refractivity (Wildman–Crippen MR) is 97.9 cm³/mol. The van der Waals surface area contributed by atoms with Crippen LogP contribution in [0.1, 0.15) is 36.4 Å². The standard InChI is InChI=1S/C21H18FN3O2/c1-14(16-8-6-15(12-23)7-9-16)25-20(26)10-11-21-24-13-19(27-21)17-4-2-3-5-18(17)22/h2-9,13-14H,10-11H2,1H3,(H,25,26). The molecule has 1 atom stereocenters. The molecule has 0 bridgehead atoms. The van der Waals surface area contributed by atoms with E-state index in [0.717, 1.165) is 5.56 Å². The van der Waals surface area contributed by atoms with Crippen LogP contribution in [0.4, 0.5) is 4.39 Å². The van der Waals surface area contributed by atoms with Crippen LogP contribution in [0.25, 0.3) is 11.3 Å². The lowest BCUT2D eigenvalue weighted by Crippen LogP contribution is -2.26. The zero-order valence-electron chi connectivity index (χ0n) is 14.8. The molecular weight excluding hydrogens is 345 g/mol. The van der Waals surface area contributed by atoms with Crippen molar-refractivity contribution in [3.63, 3.8) is 0 Å². The van der Waals surface area contributed by atoms with E-state index in [1.807, 2.05) is 19.1 Å². The van der Waals surface area contributed by atoms with Gasteiger partial charge < -0.3 is 9.73 Å². The topological polar surface area (TPSA) is 78.9 Å². The van der Waals surface area contributed by atoms with Crippen LogP contribution in [0.3, 0.4) is 0 Å². The Balaban J connectivity index is 1.55. The highest BCUT2D eigenvalue weighted by Gasteiger charge is 2.13. The second-order valence-electron chi connectivity index (χ2n) is 6.12. The number of hydrogen-bond acceptors (Lipinski definition) is 4. The number of aryl methyl sites for hydroxylation is 1. The van der Waals surface area contributed by atoms with Gasteiger partial charge in [-0.15, -0.1) is 0 Å². The number of nitriles is 1. The second-order valence-corrected chi connectivity index (χ2v) is 6.12. The molecule has 1 N–H and O–H groups in total. The first kappa shape index (κ1) is 18.3. The van der Waals surface area contributed by atoms with Crippen LogP contribution in [-0.4, -0.2) is 10.9 Å². The van der Waals surface area contributed by atoms with Gasteiger partial charge in [-0.2, -0.15) is 5.26 Å². The highest BCUT2D eigenvalue weighted by molar-refractivity contribution is 5.76. The van der Waals surface area contributed by atoms with Crippen molar-refractivity contribution in [2.75, 3.05) is 0 Å². The first-order chi connectivity index (χ1) is 13.1. The number of hydrogen-bond donors (Lipinski definition) is 1. The van der Waals surface area contributed by atoms with E-state index >= 15 is 0 Å². The minimum absolute atomic E-state index is 0.141. The number of nitrogens with zero attached hydrogens (tertiary/aromatic N) is 2. The van der Waals surface area contributed by atoms with Crippen LogP contribution in [0.5, 0.6) is 0 Å². The predicted octanol–water partition coefficient (Wildman–Crippen LogP) is 4.16. The molecule has 0 aliphatic heterocycles. The van der Waals surface area contributed by atoms with Gasteiger partial charge in [-0.1, -0.05) is 24.3 Å². The maximum atomic E-state index is 13.8. The lowest BCUT2D eigenvalue weighted by Gasteiger charge is -2.14. The maximum absolute atomic E-state index is 13.8. The summed E-state index contributed by atoms with van der Waals surface area (Å²) in [6.45, 7) is 1.88. The Kier molecular flexibility index (Phi) is 5.62. The lowest BCUT2D eigenvalue weighted by molar-refractivity contribution is -0.121. The first-order valence-corrected chi connectivity index (χ1v) is 8.56. The Hall–Kier alpha value is -3.46. The molecule has 2 aromatic carbocycles. The summed E-state index contributed by atoms with van der Waals surface area (Å²) in [6, 6.07) is 15.3. The largest absolute Gasteiger partial charge is 0.441 e. The minimum Gasteiger partial charge on any atom is -0.441 e. The average molecular weight is 363 g/mol. The van der Waals surface area contributed by atoms with Crippen molar-refractivity contribution < 1.29 is 13.6 Å². The summed E-state index contributed by atoms with van der Waals surface area (Å²) in [5.41, 5.74) is 1.84. The van der Waals surface area contributed by atoms with E-state index in [1.54, 1.807) is 30.3 Å². The molecule has 0 saturated carbocycles. The van der Waals surface area contributed by atoms with Crippen LogP contribution in [-0.2, 0) is 11.2 Å². The van der Waals surface area contributed by atoms with Crippen LogP contribution < -0.4 is 5.32 Å². The van der Waals surface area contributed by atoms with Gasteiger partial charge in [0.15, 0.2) is 11.7 Å². The molecule has 1 aromatic heterocycles. The van der Waals surface area contributed by atoms with Gasteiger partial charge in [0.25, 0.3) is 0 Å². The van der Waals surface area contributed by atoms with Gasteiger partial charge in [0.2, 0.25) is 5.91 Å². The Morgan fingerprint density at radius 1 is 1.26 bits per heavy atom. The Bertz CT molecular complexity index is 974. The van der Waals surface area contributed by atoms with Crippen molar-refractivity contribution in [2.24, 2.45) is 0 Å². The fourth-order valence-electron chi connectivity index (χ4n) is 2.68. The molecule has 1 heterocycles. The zero-order chi connectivity index (χ0) is 19.2. The molecule has 5 nitrogen and oxygen atoms in total. The Morgan fingerprint density at radius 3 is 2.70 bits per heavy atom. The molecule has 1 amide bonds. The molecule has 3 rings (SSSR count). The molecule has 0 fully saturated rings. The van der Waals surface area contributed by atoms with Crippen molar-refractivity contribution in [1.82, 2.24) is 10.3 Å². The number of carbonyl (C=O) groups is 1. The molecule has 0 spiro atoms. The SMILES string of the molecule is CC(NC(=O)CCc1ncc(-c2ccccc2F)o1)c1ccc(C#N)cc1. The number of oxazole rings is 1. The average Bonchev–Trinajstić information content (AvgIpc) is 3.15. The summed E-state index contributed by atoms with van der Waals surface area (Å²) in [5, 5.41) is 11.7. The van der Waals surface area contributed by atoms with Crippen molar-refractivity contribution in [3.8, 4) is 17.4 Å². The van der Waals surface area contributed by atoms with E-state index in [4.69, 9.17) is 9.68 Å². The van der Waals surface area contributed by atoms with E-state index in [-0.39, 0.29) is 24.2 Å². The van der Waals surface area contributed by atoms with Crippen LogP contribution >= 0.6 is 0 Å². The summed E-state index contributed by atoms with van der Waals surface area (Å²) in [7, 11) is 0. The lowest BCUT2D eigenvalue weighted by atomic mass is 10.1. The van der Waals surface area contributed by atoms with E-state index in [0.29, 0.717) is 29.2 Å². The third-order valence-electron chi connectivity index (χ3n) is 4.18. The Morgan fingerprint density at radius 2 is 2.00 bits per heavy atom. The normalized spacial score (nSPS) is 11.6. The van der Waals surface area contributed by atoms with Crippen LogP contribution in [0.2, 0.25) is 0 Å².